The van der Waals surface area contributed by atoms with Crippen molar-refractivity contribution in [2.45, 2.75) is 37.5 Å². The minimum atomic E-state index is -3.58. The Bertz CT molecular complexity index is 1200. The van der Waals surface area contributed by atoms with Crippen molar-refractivity contribution in [2.24, 2.45) is 5.92 Å². The molecule has 0 spiro atoms. The average molecular weight is 499 g/mol. The predicted octanol–water partition coefficient (Wildman–Crippen LogP) is 2.60. The zero-order valence-corrected chi connectivity index (χ0v) is 20.5. The van der Waals surface area contributed by atoms with Crippen molar-refractivity contribution in [1.29, 1.82) is 0 Å². The first-order chi connectivity index (χ1) is 16.7. The molecule has 1 aliphatic heterocycles. The number of benzene rings is 2. The van der Waals surface area contributed by atoms with E-state index in [1.807, 2.05) is 13.0 Å². The van der Waals surface area contributed by atoms with Crippen molar-refractivity contribution in [3.63, 3.8) is 0 Å². The maximum Gasteiger partial charge on any atom is 0.243 e. The lowest BCUT2D eigenvalue weighted by Crippen LogP contribution is -2.50. The standard InChI is InChI=1S/C25H30N4O5S/c1-18-7-10-20(26-25(32)19-8-9-19)17-22(18)27-23(30)11-12-24(31)28-13-15-29(16-14-28)35(33,34)21-5-3-2-4-6-21/h2-7,10,17,19H,8-9,11-16H2,1H3,(H,26,32)(H,27,30). The largest absolute Gasteiger partial charge is 0.340 e. The van der Waals surface area contributed by atoms with Crippen LogP contribution in [0.15, 0.2) is 53.4 Å². The summed E-state index contributed by atoms with van der Waals surface area (Å²) in [7, 11) is -3.58. The van der Waals surface area contributed by atoms with Gasteiger partial charge in [-0.3, -0.25) is 14.4 Å². The quantitative estimate of drug-likeness (QED) is 0.580. The maximum absolute atomic E-state index is 12.7. The second-order valence-corrected chi connectivity index (χ2v) is 10.9. The van der Waals surface area contributed by atoms with Crippen LogP contribution in [0.25, 0.3) is 0 Å². The summed E-state index contributed by atoms with van der Waals surface area (Å²) in [6, 6.07) is 13.6. The number of piperazine rings is 1. The molecule has 1 saturated carbocycles. The number of carbonyl (C=O) groups is 3. The number of nitrogens with zero attached hydrogens (tertiary/aromatic N) is 2. The van der Waals surface area contributed by atoms with E-state index < -0.39 is 10.0 Å². The topological polar surface area (TPSA) is 116 Å². The molecule has 0 aromatic heterocycles. The van der Waals surface area contributed by atoms with Gasteiger partial charge in [0.05, 0.1) is 4.90 Å². The lowest BCUT2D eigenvalue weighted by atomic mass is 10.1. The molecule has 1 aliphatic carbocycles. The first-order valence-electron chi connectivity index (χ1n) is 11.8. The molecule has 3 amide bonds. The van der Waals surface area contributed by atoms with Gasteiger partial charge in [0.15, 0.2) is 0 Å². The van der Waals surface area contributed by atoms with Gasteiger partial charge in [0.25, 0.3) is 0 Å². The zero-order chi connectivity index (χ0) is 25.0. The molecule has 186 valence electrons. The second-order valence-electron chi connectivity index (χ2n) is 8.94. The Morgan fingerprint density at radius 3 is 2.26 bits per heavy atom. The van der Waals surface area contributed by atoms with Gasteiger partial charge in [-0.25, -0.2) is 8.42 Å². The fourth-order valence-corrected chi connectivity index (χ4v) is 5.38. The minimum Gasteiger partial charge on any atom is -0.340 e. The molecular formula is C25H30N4O5S. The molecule has 0 bridgehead atoms. The molecular weight excluding hydrogens is 468 g/mol. The first-order valence-corrected chi connectivity index (χ1v) is 13.2. The average Bonchev–Trinajstić information content (AvgIpc) is 3.71. The summed E-state index contributed by atoms with van der Waals surface area (Å²) in [6.45, 7) is 2.86. The van der Waals surface area contributed by atoms with Gasteiger partial charge >= 0.3 is 0 Å². The third kappa shape index (κ3) is 6.26. The molecule has 35 heavy (non-hydrogen) atoms. The van der Waals surface area contributed by atoms with E-state index >= 15 is 0 Å². The maximum atomic E-state index is 12.7. The van der Waals surface area contributed by atoms with E-state index in [0.29, 0.717) is 11.4 Å². The molecule has 1 saturated heterocycles. The van der Waals surface area contributed by atoms with Crippen molar-refractivity contribution in [2.75, 3.05) is 36.8 Å². The van der Waals surface area contributed by atoms with Crippen molar-refractivity contribution < 1.29 is 22.8 Å². The van der Waals surface area contributed by atoms with Crippen LogP contribution in [0.2, 0.25) is 0 Å². The molecule has 2 aromatic carbocycles. The molecule has 4 rings (SSSR count). The van der Waals surface area contributed by atoms with Crippen LogP contribution in [0.5, 0.6) is 0 Å². The normalized spacial score (nSPS) is 16.5. The lowest BCUT2D eigenvalue weighted by molar-refractivity contribution is -0.133. The van der Waals surface area contributed by atoms with Crippen LogP contribution in [0, 0.1) is 12.8 Å². The number of amides is 3. The molecule has 2 aromatic rings. The van der Waals surface area contributed by atoms with Gasteiger partial charge in [-0.05, 0) is 49.6 Å². The minimum absolute atomic E-state index is 0.00612. The Kier molecular flexibility index (Phi) is 7.51. The SMILES string of the molecule is Cc1ccc(NC(=O)C2CC2)cc1NC(=O)CCC(=O)N1CCN(S(=O)(=O)c2ccccc2)CC1. The van der Waals surface area contributed by atoms with Crippen LogP contribution in [-0.2, 0) is 24.4 Å². The summed E-state index contributed by atoms with van der Waals surface area (Å²) in [5.74, 6) is -0.398. The molecule has 2 fully saturated rings. The number of aryl methyl sites for hydroxylation is 1. The van der Waals surface area contributed by atoms with Gasteiger partial charge in [0.1, 0.15) is 0 Å². The van der Waals surface area contributed by atoms with Gasteiger partial charge in [0, 0.05) is 56.3 Å². The fourth-order valence-electron chi connectivity index (χ4n) is 3.93. The summed E-state index contributed by atoms with van der Waals surface area (Å²) in [5.41, 5.74) is 2.07. The summed E-state index contributed by atoms with van der Waals surface area (Å²) in [4.78, 5) is 38.9. The van der Waals surface area contributed by atoms with Crippen LogP contribution in [0.4, 0.5) is 11.4 Å². The Hall–Kier alpha value is -3.24. The summed E-state index contributed by atoms with van der Waals surface area (Å²) in [6.07, 6.45) is 1.87. The molecule has 2 N–H and O–H groups in total. The van der Waals surface area contributed by atoms with Crippen molar-refractivity contribution >= 4 is 39.1 Å². The number of carbonyl (C=O) groups excluding carboxylic acids is 3. The molecule has 2 aliphatic rings. The van der Waals surface area contributed by atoms with Crippen LogP contribution >= 0.6 is 0 Å². The monoisotopic (exact) mass is 498 g/mol. The number of hydrogen-bond acceptors (Lipinski definition) is 5. The van der Waals surface area contributed by atoms with Gasteiger partial charge in [-0.15, -0.1) is 0 Å². The fraction of sp³-hybridized carbons (Fsp3) is 0.400. The predicted molar refractivity (Wildman–Crippen MR) is 132 cm³/mol. The number of nitrogens with one attached hydrogen (secondary N) is 2. The molecule has 0 radical (unpaired) electrons. The summed E-state index contributed by atoms with van der Waals surface area (Å²) >= 11 is 0. The highest BCUT2D eigenvalue weighted by Gasteiger charge is 2.30. The van der Waals surface area contributed by atoms with E-state index in [1.165, 1.54) is 4.31 Å². The smallest absolute Gasteiger partial charge is 0.243 e. The third-order valence-electron chi connectivity index (χ3n) is 6.27. The summed E-state index contributed by atoms with van der Waals surface area (Å²) in [5, 5.41) is 5.69. The van der Waals surface area contributed by atoms with Crippen molar-refractivity contribution in [3.8, 4) is 0 Å². The van der Waals surface area contributed by atoms with E-state index in [1.54, 1.807) is 47.4 Å². The molecule has 1 heterocycles. The Morgan fingerprint density at radius 2 is 1.60 bits per heavy atom. The molecule has 0 atom stereocenters. The van der Waals surface area contributed by atoms with Crippen LogP contribution in [0.1, 0.15) is 31.2 Å². The Morgan fingerprint density at radius 1 is 0.914 bits per heavy atom. The van der Waals surface area contributed by atoms with Gasteiger partial charge in [-0.2, -0.15) is 4.31 Å². The van der Waals surface area contributed by atoms with Crippen LogP contribution < -0.4 is 10.6 Å². The van der Waals surface area contributed by atoms with E-state index in [0.717, 1.165) is 18.4 Å². The van der Waals surface area contributed by atoms with E-state index in [2.05, 4.69) is 10.6 Å². The first kappa shape index (κ1) is 24.9. The highest BCUT2D eigenvalue weighted by molar-refractivity contribution is 7.89. The number of rotatable bonds is 8. The van der Waals surface area contributed by atoms with E-state index in [4.69, 9.17) is 0 Å². The highest BCUT2D eigenvalue weighted by Crippen LogP contribution is 2.31. The third-order valence-corrected chi connectivity index (χ3v) is 8.18. The van der Waals surface area contributed by atoms with Crippen molar-refractivity contribution in [3.05, 3.63) is 54.1 Å². The Labute approximate surface area is 205 Å². The highest BCUT2D eigenvalue weighted by atomic mass is 32.2. The number of hydrogen-bond donors (Lipinski definition) is 2. The second kappa shape index (κ2) is 10.6. The molecule has 9 nitrogen and oxygen atoms in total. The number of anilines is 2. The van der Waals surface area contributed by atoms with Gasteiger partial charge in [-0.1, -0.05) is 24.3 Å². The molecule has 10 heteroatoms. The van der Waals surface area contributed by atoms with E-state index in [-0.39, 0.29) is 67.6 Å². The Balaban J connectivity index is 1.25. The lowest BCUT2D eigenvalue weighted by Gasteiger charge is -2.34. The number of sulfonamides is 1. The van der Waals surface area contributed by atoms with Gasteiger partial charge < -0.3 is 15.5 Å². The van der Waals surface area contributed by atoms with Crippen molar-refractivity contribution in [1.82, 2.24) is 9.21 Å². The summed E-state index contributed by atoms with van der Waals surface area (Å²) < 4.78 is 26.9. The van der Waals surface area contributed by atoms with E-state index in [9.17, 15) is 22.8 Å². The zero-order valence-electron chi connectivity index (χ0n) is 19.7. The van der Waals surface area contributed by atoms with Gasteiger partial charge in [0.2, 0.25) is 27.7 Å². The van der Waals surface area contributed by atoms with Crippen LogP contribution in [-0.4, -0.2) is 61.5 Å². The van der Waals surface area contributed by atoms with Crippen LogP contribution in [0.3, 0.4) is 0 Å². The molecule has 0 unspecified atom stereocenters.